The molecule has 0 atom stereocenters. The number of nitrogens with zero attached hydrogens (tertiary/aromatic N) is 3. The van der Waals surface area contributed by atoms with Crippen LogP contribution < -0.4 is 15.1 Å². The molecule has 0 aliphatic heterocycles. The summed E-state index contributed by atoms with van der Waals surface area (Å²) in [7, 11) is 0. The second kappa shape index (κ2) is 5.87. The van der Waals surface area contributed by atoms with Gasteiger partial charge in [-0.05, 0) is 16.8 Å². The summed E-state index contributed by atoms with van der Waals surface area (Å²) in [5, 5.41) is 18.2. The molecule has 104 valence electrons. The Morgan fingerprint density at radius 2 is 1.71 bits per heavy atom. The maximum absolute atomic E-state index is 11.8. The first-order valence-corrected chi connectivity index (χ1v) is 6.33. The van der Waals surface area contributed by atoms with Gasteiger partial charge in [-0.1, -0.05) is 36.4 Å². The number of nitrogens with one attached hydrogen (secondary N) is 1. The van der Waals surface area contributed by atoms with Gasteiger partial charge in [0.1, 0.15) is 0 Å². The zero-order valence-corrected chi connectivity index (χ0v) is 11.0. The highest BCUT2D eigenvalue weighted by atomic mass is 16.5. The number of para-hydroxylation sites is 2. The molecule has 0 fully saturated rings. The Kier molecular flexibility index (Phi) is 3.60. The van der Waals surface area contributed by atoms with Crippen molar-refractivity contribution in [3.05, 3.63) is 66.9 Å². The fraction of sp³-hybridized carbons (Fsp3) is 0. The Hall–Kier alpha value is -3.15. The van der Waals surface area contributed by atoms with Crippen LogP contribution in [-0.4, -0.2) is 11.3 Å². The van der Waals surface area contributed by atoms with Crippen LogP contribution in [0.1, 0.15) is 0 Å². The van der Waals surface area contributed by atoms with E-state index in [1.54, 1.807) is 18.3 Å². The van der Waals surface area contributed by atoms with Crippen LogP contribution in [0.15, 0.2) is 76.4 Å². The molecule has 1 heterocycles. The normalized spacial score (nSPS) is 11.3. The maximum atomic E-state index is 11.8. The van der Waals surface area contributed by atoms with Gasteiger partial charge in [-0.15, -0.1) is 0 Å². The van der Waals surface area contributed by atoms with Crippen molar-refractivity contribution in [1.82, 2.24) is 5.27 Å². The summed E-state index contributed by atoms with van der Waals surface area (Å²) in [5.74, 6) is 0.132. The van der Waals surface area contributed by atoms with Crippen LogP contribution in [0.25, 0.3) is 5.69 Å². The molecule has 0 unspecified atom stereocenters. The van der Waals surface area contributed by atoms with Gasteiger partial charge in [-0.2, -0.15) is 0 Å². The quantitative estimate of drug-likeness (QED) is 0.447. The minimum Gasteiger partial charge on any atom is -0.846 e. The third kappa shape index (κ3) is 3.24. The molecule has 3 rings (SSSR count). The molecule has 1 aromatic heterocycles. The summed E-state index contributed by atoms with van der Waals surface area (Å²) in [6.07, 6.45) is 1.54. The third-order valence-corrected chi connectivity index (χ3v) is 2.71. The van der Waals surface area contributed by atoms with Crippen LogP contribution >= 0.6 is 0 Å². The summed E-state index contributed by atoms with van der Waals surface area (Å²) >= 11 is 0. The Morgan fingerprint density at radius 3 is 2.43 bits per heavy atom. The number of aromatic nitrogens is 2. The van der Waals surface area contributed by atoms with Gasteiger partial charge in [0, 0.05) is 17.8 Å². The first kappa shape index (κ1) is 12.9. The maximum Gasteiger partial charge on any atom is 0.322 e. The van der Waals surface area contributed by atoms with Crippen molar-refractivity contribution in [2.24, 2.45) is 4.99 Å². The smallest absolute Gasteiger partial charge is 0.322 e. The molecule has 0 amide bonds. The van der Waals surface area contributed by atoms with Gasteiger partial charge < -0.3 is 10.4 Å². The van der Waals surface area contributed by atoms with Crippen LogP contribution in [0.2, 0.25) is 0 Å². The SMILES string of the molecule is [O-]/C(=N\c1c[n+](-c2ccccc2)no1)Nc1ccccc1. The van der Waals surface area contributed by atoms with Gasteiger partial charge in [-0.3, -0.25) is 4.52 Å². The molecule has 21 heavy (non-hydrogen) atoms. The third-order valence-electron chi connectivity index (χ3n) is 2.71. The zero-order chi connectivity index (χ0) is 14.5. The lowest BCUT2D eigenvalue weighted by Gasteiger charge is -2.11. The van der Waals surface area contributed by atoms with Crippen LogP contribution in [-0.2, 0) is 0 Å². The van der Waals surface area contributed by atoms with Gasteiger partial charge in [0.15, 0.2) is 0 Å². The first-order valence-electron chi connectivity index (χ1n) is 6.33. The summed E-state index contributed by atoms with van der Waals surface area (Å²) in [6.45, 7) is 0. The van der Waals surface area contributed by atoms with Gasteiger partial charge in [-0.25, -0.2) is 4.99 Å². The van der Waals surface area contributed by atoms with E-state index in [1.165, 1.54) is 4.68 Å². The lowest BCUT2D eigenvalue weighted by atomic mass is 10.3. The van der Waals surface area contributed by atoms with Gasteiger partial charge >= 0.3 is 5.88 Å². The lowest BCUT2D eigenvalue weighted by Crippen LogP contribution is -2.31. The van der Waals surface area contributed by atoms with E-state index < -0.39 is 6.02 Å². The predicted molar refractivity (Wildman–Crippen MR) is 75.2 cm³/mol. The van der Waals surface area contributed by atoms with Gasteiger partial charge in [0.05, 0.1) is 6.02 Å². The highest BCUT2D eigenvalue weighted by molar-refractivity contribution is 5.86. The molecule has 0 aliphatic carbocycles. The van der Waals surface area contributed by atoms with E-state index in [0.29, 0.717) is 5.69 Å². The molecular weight excluding hydrogens is 268 g/mol. The molecule has 6 nitrogen and oxygen atoms in total. The largest absolute Gasteiger partial charge is 0.846 e. The Bertz CT molecular complexity index is 739. The topological polar surface area (TPSA) is 77.4 Å². The minimum atomic E-state index is -0.516. The number of aliphatic imine (C=N–C) groups is 1. The van der Waals surface area contributed by atoms with E-state index in [1.807, 2.05) is 48.5 Å². The van der Waals surface area contributed by atoms with Gasteiger partial charge in [0.2, 0.25) is 11.0 Å². The van der Waals surface area contributed by atoms with Crippen LogP contribution in [0.4, 0.5) is 11.6 Å². The molecule has 0 saturated carbocycles. The fourth-order valence-electron chi connectivity index (χ4n) is 1.76. The van der Waals surface area contributed by atoms with Crippen LogP contribution in [0.5, 0.6) is 0 Å². The average Bonchev–Trinajstić information content (AvgIpc) is 2.97. The molecule has 3 aromatic rings. The van der Waals surface area contributed by atoms with E-state index in [4.69, 9.17) is 4.52 Å². The lowest BCUT2D eigenvalue weighted by molar-refractivity contribution is -0.670. The van der Waals surface area contributed by atoms with Crippen molar-refractivity contribution in [2.75, 3.05) is 5.32 Å². The van der Waals surface area contributed by atoms with E-state index in [2.05, 4.69) is 15.6 Å². The number of amidine groups is 1. The fourth-order valence-corrected chi connectivity index (χ4v) is 1.76. The number of anilines is 1. The summed E-state index contributed by atoms with van der Waals surface area (Å²) < 4.78 is 6.52. The minimum absolute atomic E-state index is 0.132. The summed E-state index contributed by atoms with van der Waals surface area (Å²) in [4.78, 5) is 3.80. The number of hydrogen-bond donors (Lipinski definition) is 1. The van der Waals surface area contributed by atoms with Crippen molar-refractivity contribution in [2.45, 2.75) is 0 Å². The Morgan fingerprint density at radius 1 is 1.05 bits per heavy atom. The zero-order valence-electron chi connectivity index (χ0n) is 11.0. The Balaban J connectivity index is 1.76. The first-order chi connectivity index (χ1) is 10.3. The number of hydrogen-bond acceptors (Lipinski definition) is 4. The molecule has 0 aliphatic rings. The monoisotopic (exact) mass is 280 g/mol. The predicted octanol–water partition coefficient (Wildman–Crippen LogP) is 1.41. The molecule has 2 aromatic carbocycles. The standard InChI is InChI=1S/C15H12N4O2/c20-15(16-12-7-3-1-4-8-12)17-14-11-19(18-21-14)13-9-5-2-6-10-13/h1-11H,(H-,16,17,18,20). The van der Waals surface area contributed by atoms with E-state index in [9.17, 15) is 5.11 Å². The second-order valence-corrected chi connectivity index (χ2v) is 4.23. The molecule has 0 saturated heterocycles. The van der Waals surface area contributed by atoms with Crippen molar-refractivity contribution in [3.8, 4) is 5.69 Å². The van der Waals surface area contributed by atoms with Crippen molar-refractivity contribution < 1.29 is 14.3 Å². The van der Waals surface area contributed by atoms with Gasteiger partial charge in [0.25, 0.3) is 6.20 Å². The van der Waals surface area contributed by atoms with Crippen LogP contribution in [0, 0.1) is 0 Å². The molecular formula is C15H12N4O2. The molecule has 1 N–H and O–H groups in total. The van der Waals surface area contributed by atoms with E-state index in [0.717, 1.165) is 5.69 Å². The van der Waals surface area contributed by atoms with Crippen molar-refractivity contribution in [1.29, 1.82) is 0 Å². The highest BCUT2D eigenvalue weighted by Gasteiger charge is 2.13. The van der Waals surface area contributed by atoms with E-state index in [-0.39, 0.29) is 5.88 Å². The molecule has 0 spiro atoms. The molecule has 0 radical (unpaired) electrons. The Labute approximate surface area is 121 Å². The van der Waals surface area contributed by atoms with Crippen LogP contribution in [0.3, 0.4) is 0 Å². The van der Waals surface area contributed by atoms with E-state index >= 15 is 0 Å². The average molecular weight is 280 g/mol. The highest BCUT2D eigenvalue weighted by Crippen LogP contribution is 2.09. The van der Waals surface area contributed by atoms with Crippen molar-refractivity contribution >= 4 is 17.6 Å². The molecule has 6 heteroatoms. The summed E-state index contributed by atoms with van der Waals surface area (Å²) in [6, 6.07) is 18.0. The summed E-state index contributed by atoms with van der Waals surface area (Å²) in [5.41, 5.74) is 1.49. The number of rotatable bonds is 3. The second-order valence-electron chi connectivity index (χ2n) is 4.23. The number of benzene rings is 2. The van der Waals surface area contributed by atoms with Crippen molar-refractivity contribution in [3.63, 3.8) is 0 Å². The molecule has 0 bridgehead atoms.